The molecule has 9 nitrogen and oxygen atoms in total. The van der Waals surface area contributed by atoms with E-state index in [0.29, 0.717) is 23.0 Å². The Balaban J connectivity index is 1.59. The minimum Gasteiger partial charge on any atom is -0.458 e. The Morgan fingerprint density at radius 3 is 2.39 bits per heavy atom. The Hall–Kier alpha value is -2.81. The number of anilines is 1. The molecule has 4 rings (SSSR count). The fourth-order valence-corrected chi connectivity index (χ4v) is 6.29. The summed E-state index contributed by atoms with van der Waals surface area (Å²) in [6, 6.07) is 5.03. The number of carbonyl (C=O) groups excluding carboxylic acids is 4. The summed E-state index contributed by atoms with van der Waals surface area (Å²) in [5.74, 6) is -0.799. The van der Waals surface area contributed by atoms with E-state index in [0.717, 1.165) is 25.7 Å². The molecule has 0 unspecified atom stereocenters. The second-order valence-corrected chi connectivity index (χ2v) is 14.3. The van der Waals surface area contributed by atoms with Crippen molar-refractivity contribution in [3.63, 3.8) is 0 Å². The number of hydrogen-bond donors (Lipinski definition) is 1. The van der Waals surface area contributed by atoms with Crippen molar-refractivity contribution in [3.05, 3.63) is 29.3 Å². The van der Waals surface area contributed by atoms with Crippen LogP contribution in [0.15, 0.2) is 24.3 Å². The second kappa shape index (κ2) is 11.8. The largest absolute Gasteiger partial charge is 0.458 e. The Labute approximate surface area is 248 Å². The summed E-state index contributed by atoms with van der Waals surface area (Å²) in [4.78, 5) is 56.8. The van der Waals surface area contributed by atoms with Gasteiger partial charge in [-0.05, 0) is 63.1 Å². The van der Waals surface area contributed by atoms with Crippen LogP contribution in [0.1, 0.15) is 86.5 Å². The Bertz CT molecular complexity index is 1170. The van der Waals surface area contributed by atoms with Crippen molar-refractivity contribution in [1.82, 2.24) is 10.2 Å². The molecule has 41 heavy (non-hydrogen) atoms. The van der Waals surface area contributed by atoms with Crippen molar-refractivity contribution in [2.45, 2.75) is 110 Å². The predicted molar refractivity (Wildman–Crippen MR) is 157 cm³/mol. The van der Waals surface area contributed by atoms with E-state index in [4.69, 9.17) is 21.1 Å². The van der Waals surface area contributed by atoms with E-state index in [9.17, 15) is 19.2 Å². The lowest BCUT2D eigenvalue weighted by Gasteiger charge is -2.36. The molecule has 0 bridgehead atoms. The number of amides is 3. The summed E-state index contributed by atoms with van der Waals surface area (Å²) < 4.78 is 11.6. The van der Waals surface area contributed by atoms with Gasteiger partial charge in [0.2, 0.25) is 11.8 Å². The van der Waals surface area contributed by atoms with E-state index in [1.165, 1.54) is 16.2 Å². The maximum Gasteiger partial charge on any atom is 0.415 e. The van der Waals surface area contributed by atoms with Crippen LogP contribution in [0.4, 0.5) is 10.5 Å². The molecule has 3 amide bonds. The van der Waals surface area contributed by atoms with Crippen LogP contribution in [0.3, 0.4) is 0 Å². The third kappa shape index (κ3) is 7.53. The van der Waals surface area contributed by atoms with Crippen LogP contribution in [-0.2, 0) is 23.9 Å². The fourth-order valence-electron chi connectivity index (χ4n) is 6.10. The van der Waals surface area contributed by atoms with Crippen LogP contribution in [0, 0.1) is 11.3 Å². The van der Waals surface area contributed by atoms with Crippen molar-refractivity contribution in [3.8, 4) is 0 Å². The fraction of sp³-hybridized carbons (Fsp3) is 0.677. The second-order valence-electron chi connectivity index (χ2n) is 13.9. The molecule has 1 saturated carbocycles. The molecule has 0 aromatic heterocycles. The highest BCUT2D eigenvalue weighted by atomic mass is 35.5. The normalized spacial score (nSPS) is 24.4. The summed E-state index contributed by atoms with van der Waals surface area (Å²) >= 11 is 6.17. The van der Waals surface area contributed by atoms with E-state index in [-0.39, 0.29) is 31.3 Å². The molecule has 2 saturated heterocycles. The molecule has 1 N–H and O–H groups in total. The Kier molecular flexibility index (Phi) is 8.98. The van der Waals surface area contributed by atoms with Gasteiger partial charge in [-0.15, -0.1) is 0 Å². The highest BCUT2D eigenvalue weighted by Crippen LogP contribution is 2.40. The topological polar surface area (TPSA) is 105 Å². The van der Waals surface area contributed by atoms with Gasteiger partial charge in [0, 0.05) is 23.6 Å². The highest BCUT2D eigenvalue weighted by molar-refractivity contribution is 6.30. The molecule has 1 aromatic carbocycles. The van der Waals surface area contributed by atoms with Gasteiger partial charge in [0.05, 0.1) is 13.1 Å². The first-order valence-corrected chi connectivity index (χ1v) is 15.0. The molecule has 10 heteroatoms. The third-order valence-electron chi connectivity index (χ3n) is 8.07. The molecule has 3 atom stereocenters. The van der Waals surface area contributed by atoms with Crippen molar-refractivity contribution < 1.29 is 28.7 Å². The lowest BCUT2D eigenvalue weighted by atomic mass is 9.84. The van der Waals surface area contributed by atoms with E-state index in [1.807, 2.05) is 20.8 Å². The molecular formula is C31H44ClN3O6. The lowest BCUT2D eigenvalue weighted by molar-refractivity contribution is -0.164. The first-order chi connectivity index (χ1) is 19.1. The van der Waals surface area contributed by atoms with Crippen molar-refractivity contribution >= 4 is 41.2 Å². The number of benzene rings is 1. The van der Waals surface area contributed by atoms with Gasteiger partial charge in [-0.3, -0.25) is 14.5 Å². The van der Waals surface area contributed by atoms with Crippen LogP contribution in [0.2, 0.25) is 5.02 Å². The molecule has 2 heterocycles. The number of hydrogen-bond acceptors (Lipinski definition) is 6. The molecule has 2 aliphatic heterocycles. The van der Waals surface area contributed by atoms with Gasteiger partial charge in [0.15, 0.2) is 5.60 Å². The van der Waals surface area contributed by atoms with Crippen LogP contribution >= 0.6 is 11.6 Å². The van der Waals surface area contributed by atoms with Gasteiger partial charge in [0.1, 0.15) is 17.7 Å². The van der Waals surface area contributed by atoms with Crippen molar-refractivity contribution in [2.24, 2.45) is 11.3 Å². The average Bonchev–Trinajstić information content (AvgIpc) is 3.40. The molecule has 1 spiro atoms. The van der Waals surface area contributed by atoms with E-state index < -0.39 is 40.8 Å². The van der Waals surface area contributed by atoms with E-state index >= 15 is 0 Å². The monoisotopic (exact) mass is 589 g/mol. The smallest absolute Gasteiger partial charge is 0.415 e. The molecular weight excluding hydrogens is 546 g/mol. The summed E-state index contributed by atoms with van der Waals surface area (Å²) in [6.07, 6.45) is 5.38. The SMILES string of the molecule is CC(C)(C)OC(=O)[C@@H]1C[C@@]2(CN(c3cccc(Cl)c3)C(=O)O2)CN1C(=O)[C@@H](NC(=O)CC1CCCCC1)C(C)(C)C. The summed E-state index contributed by atoms with van der Waals surface area (Å²) in [5.41, 5.74) is -1.96. The first-order valence-electron chi connectivity index (χ1n) is 14.7. The van der Waals surface area contributed by atoms with Gasteiger partial charge in [-0.25, -0.2) is 9.59 Å². The molecule has 226 valence electrons. The summed E-state index contributed by atoms with van der Waals surface area (Å²) in [7, 11) is 0. The Morgan fingerprint density at radius 2 is 1.78 bits per heavy atom. The third-order valence-corrected chi connectivity index (χ3v) is 8.30. The standard InChI is InChI=1S/C31H44ClN3O6/c1-29(2,3)25(33-24(36)15-20-11-8-7-9-12-20)26(37)35-19-31(17-23(35)27(38)40-30(4,5)6)18-34(28(39)41-31)22-14-10-13-21(32)16-22/h10,13-14,16,20,23,25H,7-9,11-12,15,17-19H2,1-6H3,(H,33,36)/t23-,25+,31+/m0/s1. The highest BCUT2D eigenvalue weighted by Gasteiger charge is 2.58. The number of carbonyl (C=O) groups is 4. The number of nitrogens with zero attached hydrogens (tertiary/aromatic N) is 2. The van der Waals surface area contributed by atoms with E-state index in [2.05, 4.69) is 5.32 Å². The maximum atomic E-state index is 14.2. The number of ether oxygens (including phenoxy) is 2. The number of rotatable bonds is 6. The van der Waals surface area contributed by atoms with Crippen LogP contribution < -0.4 is 10.2 Å². The van der Waals surface area contributed by atoms with Crippen LogP contribution in [0.5, 0.6) is 0 Å². The number of halogens is 1. The molecule has 3 aliphatic rings. The van der Waals surface area contributed by atoms with Crippen LogP contribution in [0.25, 0.3) is 0 Å². The van der Waals surface area contributed by atoms with Gasteiger partial charge in [-0.2, -0.15) is 0 Å². The molecule has 1 aliphatic carbocycles. The zero-order valence-electron chi connectivity index (χ0n) is 25.1. The average molecular weight is 590 g/mol. The minimum absolute atomic E-state index is 0.00360. The minimum atomic E-state index is -1.12. The van der Waals surface area contributed by atoms with Crippen LogP contribution in [-0.4, -0.2) is 65.2 Å². The maximum absolute atomic E-state index is 14.2. The molecule has 1 aromatic rings. The predicted octanol–water partition coefficient (Wildman–Crippen LogP) is 5.48. The quantitative estimate of drug-likeness (QED) is 0.441. The zero-order valence-corrected chi connectivity index (χ0v) is 25.9. The lowest BCUT2D eigenvalue weighted by Crippen LogP contribution is -2.57. The first kappa shape index (κ1) is 31.1. The van der Waals surface area contributed by atoms with Gasteiger partial charge >= 0.3 is 12.1 Å². The van der Waals surface area contributed by atoms with Crippen molar-refractivity contribution in [1.29, 1.82) is 0 Å². The van der Waals surface area contributed by atoms with Gasteiger partial charge < -0.3 is 19.7 Å². The summed E-state index contributed by atoms with van der Waals surface area (Å²) in [6.45, 7) is 11.1. The zero-order chi connectivity index (χ0) is 30.2. The van der Waals surface area contributed by atoms with E-state index in [1.54, 1.807) is 45.0 Å². The summed E-state index contributed by atoms with van der Waals surface area (Å²) in [5, 5.41) is 3.48. The van der Waals surface area contributed by atoms with Crippen molar-refractivity contribution in [2.75, 3.05) is 18.0 Å². The van der Waals surface area contributed by atoms with Gasteiger partial charge in [0.25, 0.3) is 0 Å². The number of nitrogens with one attached hydrogen (secondary N) is 1. The van der Waals surface area contributed by atoms with Gasteiger partial charge in [-0.1, -0.05) is 57.7 Å². The molecule has 3 fully saturated rings. The Morgan fingerprint density at radius 1 is 1.10 bits per heavy atom. The number of likely N-dealkylation sites (tertiary alicyclic amines) is 1. The number of esters is 1. The molecule has 0 radical (unpaired) electrons.